The van der Waals surface area contributed by atoms with Crippen molar-refractivity contribution in [3.05, 3.63) is 33.5 Å². The Morgan fingerprint density at radius 3 is 2.67 bits per heavy atom. The molecule has 4 rings (SSSR count). The van der Waals surface area contributed by atoms with E-state index >= 15 is 0 Å². The van der Waals surface area contributed by atoms with Crippen LogP contribution in [0, 0.1) is 0 Å². The van der Waals surface area contributed by atoms with Crippen molar-refractivity contribution in [3.63, 3.8) is 0 Å². The van der Waals surface area contributed by atoms with E-state index in [1.165, 1.54) is 35.7 Å². The van der Waals surface area contributed by atoms with Crippen molar-refractivity contribution in [1.82, 2.24) is 9.21 Å². The Balaban J connectivity index is 1.63. The molecule has 12 heteroatoms. The molecule has 1 fully saturated rings. The highest BCUT2D eigenvalue weighted by Crippen LogP contribution is 2.38. The molecule has 1 saturated heterocycles. The van der Waals surface area contributed by atoms with E-state index in [2.05, 4.69) is 5.32 Å². The van der Waals surface area contributed by atoms with E-state index in [0.29, 0.717) is 37.4 Å². The molecule has 2 aliphatic heterocycles. The van der Waals surface area contributed by atoms with Crippen LogP contribution >= 0.6 is 22.7 Å². The molecule has 33 heavy (non-hydrogen) atoms. The monoisotopic (exact) mass is 511 g/mol. The largest absolute Gasteiger partial charge is 0.465 e. The van der Waals surface area contributed by atoms with E-state index in [0.717, 1.165) is 28.2 Å². The Morgan fingerprint density at radius 1 is 1.21 bits per heavy atom. The lowest BCUT2D eigenvalue weighted by molar-refractivity contribution is -0.129. The third-order valence-electron chi connectivity index (χ3n) is 5.94. The smallest absolute Gasteiger partial charge is 0.341 e. The number of hydrogen-bond acceptors (Lipinski definition) is 8. The van der Waals surface area contributed by atoms with Gasteiger partial charge in [-0.3, -0.25) is 9.59 Å². The first-order chi connectivity index (χ1) is 15.7. The molecule has 4 heterocycles. The zero-order valence-electron chi connectivity index (χ0n) is 18.3. The van der Waals surface area contributed by atoms with Crippen LogP contribution in [0.15, 0.2) is 21.7 Å². The molecule has 0 radical (unpaired) electrons. The maximum atomic E-state index is 13.3. The maximum Gasteiger partial charge on any atom is 0.341 e. The first-order valence-corrected chi connectivity index (χ1v) is 13.7. The molecule has 0 aliphatic carbocycles. The van der Waals surface area contributed by atoms with Gasteiger partial charge in [-0.15, -0.1) is 22.7 Å². The molecule has 2 amide bonds. The van der Waals surface area contributed by atoms with Gasteiger partial charge in [-0.2, -0.15) is 4.31 Å². The van der Waals surface area contributed by atoms with Gasteiger partial charge < -0.3 is 15.0 Å². The van der Waals surface area contributed by atoms with Crippen LogP contribution in [0.2, 0.25) is 0 Å². The van der Waals surface area contributed by atoms with Crippen molar-refractivity contribution < 1.29 is 27.5 Å². The molecule has 2 aromatic heterocycles. The molecule has 1 atom stereocenters. The van der Waals surface area contributed by atoms with Gasteiger partial charge in [0, 0.05) is 24.9 Å². The predicted octanol–water partition coefficient (Wildman–Crippen LogP) is 2.68. The second-order valence-electron chi connectivity index (χ2n) is 7.94. The number of nitrogens with zero attached hydrogens (tertiary/aromatic N) is 2. The van der Waals surface area contributed by atoms with Crippen molar-refractivity contribution in [3.8, 4) is 0 Å². The molecule has 2 aliphatic rings. The lowest BCUT2D eigenvalue weighted by Crippen LogP contribution is -2.49. The van der Waals surface area contributed by atoms with Crippen molar-refractivity contribution in [2.45, 2.75) is 49.4 Å². The van der Waals surface area contributed by atoms with Gasteiger partial charge in [0.25, 0.3) is 10.0 Å². The number of fused-ring (bicyclic) bond motifs is 1. The summed E-state index contributed by atoms with van der Waals surface area (Å²) >= 11 is 2.35. The Labute approximate surface area is 200 Å². The fraction of sp³-hybridized carbons (Fsp3) is 0.476. The van der Waals surface area contributed by atoms with Crippen molar-refractivity contribution in [2.75, 3.05) is 25.5 Å². The fourth-order valence-corrected chi connectivity index (χ4v) is 8.28. The van der Waals surface area contributed by atoms with Gasteiger partial charge in [0.05, 0.1) is 19.2 Å². The first kappa shape index (κ1) is 23.9. The van der Waals surface area contributed by atoms with Gasteiger partial charge in [-0.05, 0) is 36.3 Å². The number of methoxy groups -OCH3 is 1. The lowest BCUT2D eigenvalue weighted by atomic mass is 10.0. The minimum absolute atomic E-state index is 0.0594. The Kier molecular flexibility index (Phi) is 6.89. The van der Waals surface area contributed by atoms with E-state index in [4.69, 9.17) is 4.74 Å². The molecule has 0 bridgehead atoms. The molecule has 178 valence electrons. The van der Waals surface area contributed by atoms with Crippen molar-refractivity contribution in [1.29, 1.82) is 0 Å². The summed E-state index contributed by atoms with van der Waals surface area (Å²) in [5, 5.41) is 4.84. The van der Waals surface area contributed by atoms with E-state index in [1.54, 1.807) is 16.3 Å². The summed E-state index contributed by atoms with van der Waals surface area (Å²) in [5.74, 6) is -1.09. The maximum absolute atomic E-state index is 13.3. The molecule has 1 N–H and O–H groups in total. The molecule has 2 aromatic rings. The van der Waals surface area contributed by atoms with Gasteiger partial charge in [-0.25, -0.2) is 13.2 Å². The number of ether oxygens (including phenoxy) is 1. The average Bonchev–Trinajstić information content (AvgIpc) is 3.46. The van der Waals surface area contributed by atoms with E-state index in [-0.39, 0.29) is 22.2 Å². The zero-order valence-corrected chi connectivity index (χ0v) is 20.8. The lowest BCUT2D eigenvalue weighted by Gasteiger charge is -2.33. The second kappa shape index (κ2) is 9.53. The van der Waals surface area contributed by atoms with Crippen LogP contribution in [-0.2, 0) is 37.3 Å². The molecule has 9 nitrogen and oxygen atoms in total. The number of amides is 2. The number of carbonyl (C=O) groups excluding carboxylic acids is 3. The molecule has 0 saturated carbocycles. The fourth-order valence-electron chi connectivity index (χ4n) is 4.25. The van der Waals surface area contributed by atoms with Gasteiger partial charge in [-0.1, -0.05) is 12.5 Å². The van der Waals surface area contributed by atoms with Crippen LogP contribution < -0.4 is 5.32 Å². The molecule has 0 aromatic carbocycles. The molecule has 1 unspecified atom stereocenters. The highest BCUT2D eigenvalue weighted by atomic mass is 32.2. The number of carbonyl (C=O) groups is 3. The predicted molar refractivity (Wildman–Crippen MR) is 125 cm³/mol. The Morgan fingerprint density at radius 2 is 2.00 bits per heavy atom. The number of hydrogen-bond donors (Lipinski definition) is 1. The zero-order chi connectivity index (χ0) is 23.8. The minimum atomic E-state index is -3.80. The second-order valence-corrected chi connectivity index (χ2v) is 12.1. The Bertz CT molecular complexity index is 1170. The number of thiophene rings is 2. The number of anilines is 1. The number of esters is 1. The average molecular weight is 512 g/mol. The molecular formula is C21H25N3O6S3. The summed E-state index contributed by atoms with van der Waals surface area (Å²) < 4.78 is 32.7. The summed E-state index contributed by atoms with van der Waals surface area (Å²) in [6.45, 7) is 2.59. The summed E-state index contributed by atoms with van der Waals surface area (Å²) in [4.78, 5) is 40.2. The minimum Gasteiger partial charge on any atom is -0.465 e. The van der Waals surface area contributed by atoms with Gasteiger partial charge in [0.2, 0.25) is 11.8 Å². The van der Waals surface area contributed by atoms with Crippen LogP contribution in [0.4, 0.5) is 5.00 Å². The van der Waals surface area contributed by atoms with Crippen LogP contribution in [-0.4, -0.2) is 61.6 Å². The molecule has 0 spiro atoms. The van der Waals surface area contributed by atoms with Crippen LogP contribution in [0.5, 0.6) is 0 Å². The van der Waals surface area contributed by atoms with Crippen LogP contribution in [0.25, 0.3) is 0 Å². The van der Waals surface area contributed by atoms with Gasteiger partial charge >= 0.3 is 5.97 Å². The highest BCUT2D eigenvalue weighted by molar-refractivity contribution is 7.91. The van der Waals surface area contributed by atoms with Crippen LogP contribution in [0.3, 0.4) is 0 Å². The van der Waals surface area contributed by atoms with E-state index < -0.39 is 27.9 Å². The van der Waals surface area contributed by atoms with Gasteiger partial charge in [0.1, 0.15) is 15.3 Å². The third kappa shape index (κ3) is 4.57. The highest BCUT2D eigenvalue weighted by Gasteiger charge is 2.39. The quantitative estimate of drug-likeness (QED) is 0.618. The normalized spacial score (nSPS) is 19.1. The summed E-state index contributed by atoms with van der Waals surface area (Å²) in [6.07, 6.45) is 2.28. The number of sulfonamides is 1. The van der Waals surface area contributed by atoms with E-state index in [9.17, 15) is 22.8 Å². The summed E-state index contributed by atoms with van der Waals surface area (Å²) in [6, 6.07) is 2.33. The Hall–Kier alpha value is -2.28. The molecular weight excluding hydrogens is 486 g/mol. The third-order valence-corrected chi connectivity index (χ3v) is 10.4. The van der Waals surface area contributed by atoms with Crippen LogP contribution in [0.1, 0.15) is 47.0 Å². The van der Waals surface area contributed by atoms with Crippen molar-refractivity contribution in [2.24, 2.45) is 0 Å². The SMILES string of the molecule is COC(=O)c1c(NC(=O)C2CCCCN2S(=O)(=O)c2cccs2)sc2c1CCN(C(C)=O)C2. The van der Waals surface area contributed by atoms with Crippen molar-refractivity contribution >= 4 is 55.5 Å². The first-order valence-electron chi connectivity index (χ1n) is 10.6. The number of piperidine rings is 1. The van der Waals surface area contributed by atoms with E-state index in [1.807, 2.05) is 0 Å². The number of nitrogens with one attached hydrogen (secondary N) is 1. The summed E-state index contributed by atoms with van der Waals surface area (Å²) in [5.41, 5.74) is 1.06. The standard InChI is InChI=1S/C21H25N3O6S3/c1-13(25)23-10-8-14-16(12-23)32-20(18(14)21(27)30-2)22-19(26)15-6-3-4-9-24(15)33(28,29)17-7-5-11-31-17/h5,7,11,15H,3-4,6,8-10,12H2,1-2H3,(H,22,26). The topological polar surface area (TPSA) is 113 Å². The summed E-state index contributed by atoms with van der Waals surface area (Å²) in [7, 11) is -2.52. The number of rotatable bonds is 5. The van der Waals surface area contributed by atoms with Gasteiger partial charge in [0.15, 0.2) is 0 Å².